The fourth-order valence-electron chi connectivity index (χ4n) is 4.54. The summed E-state index contributed by atoms with van der Waals surface area (Å²) >= 11 is -1.20. The molecular formula is C32H38FN3O4S. The Bertz CT molecular complexity index is 1510. The predicted molar refractivity (Wildman–Crippen MR) is 161 cm³/mol. The third-order valence-electron chi connectivity index (χ3n) is 6.62. The number of fused-ring (bicyclic) bond motifs is 1. The van der Waals surface area contributed by atoms with Gasteiger partial charge in [-0.2, -0.15) is 0 Å². The van der Waals surface area contributed by atoms with Crippen molar-refractivity contribution in [1.82, 2.24) is 14.3 Å². The van der Waals surface area contributed by atoms with E-state index in [0.29, 0.717) is 24.3 Å². The van der Waals surface area contributed by atoms with Crippen LogP contribution in [0, 0.1) is 5.82 Å². The van der Waals surface area contributed by atoms with E-state index in [2.05, 4.69) is 52.5 Å². The molecule has 7 nitrogen and oxygen atoms in total. The number of hydrogen-bond acceptors (Lipinski definition) is 6. The molecule has 0 bridgehead atoms. The van der Waals surface area contributed by atoms with Crippen LogP contribution < -0.4 is 9.46 Å². The number of nitrogens with one attached hydrogen (secondary N) is 1. The molecule has 2 aromatic carbocycles. The number of pyridine rings is 1. The van der Waals surface area contributed by atoms with Crippen molar-refractivity contribution in [2.45, 2.75) is 71.9 Å². The maximum absolute atomic E-state index is 14.0. The summed E-state index contributed by atoms with van der Waals surface area (Å²) in [5.41, 5.74) is 5.49. The van der Waals surface area contributed by atoms with Gasteiger partial charge < -0.3 is 18.6 Å². The van der Waals surface area contributed by atoms with Gasteiger partial charge in [-0.05, 0) is 99.8 Å². The van der Waals surface area contributed by atoms with Crippen LogP contribution in [-0.4, -0.2) is 31.4 Å². The Labute approximate surface area is 244 Å². The standard InChI is InChI=1S/C32H38FN3O4S/c1-21(2)36-13-10-28-29(24-9-12-34-27(18-24)19-35-41(38)32(4,5)6)15-23(16-30(28)36)20-40-31-8-7-26(33)17-25(31)11-14-39-22(3)37/h7-10,12-13,15-18,21,35H,11,14,19-20H2,1-6H3. The molecule has 9 heteroatoms. The molecule has 2 aromatic heterocycles. The molecule has 4 rings (SSSR count). The summed E-state index contributed by atoms with van der Waals surface area (Å²) in [6.07, 6.45) is 4.21. The van der Waals surface area contributed by atoms with Gasteiger partial charge in [0, 0.05) is 59.6 Å². The first-order chi connectivity index (χ1) is 19.4. The van der Waals surface area contributed by atoms with E-state index in [1.165, 1.54) is 19.1 Å². The number of carbonyl (C=O) groups is 1. The third-order valence-corrected chi connectivity index (χ3v) is 8.13. The fraction of sp³-hybridized carbons (Fsp3) is 0.375. The van der Waals surface area contributed by atoms with Crippen molar-refractivity contribution in [2.24, 2.45) is 0 Å². The SMILES string of the molecule is CC(=O)OCCc1cc(F)ccc1OCc1cc(-c2ccnc(CN[S+]([O-])C(C)(C)C)c2)c2ccn(C(C)C)c2c1. The molecule has 2 heterocycles. The van der Waals surface area contributed by atoms with E-state index in [9.17, 15) is 13.7 Å². The molecule has 4 aromatic rings. The highest BCUT2D eigenvalue weighted by Gasteiger charge is 2.26. The number of nitrogens with zero attached hydrogens (tertiary/aromatic N) is 2. The maximum Gasteiger partial charge on any atom is 0.302 e. The molecule has 0 aliphatic rings. The van der Waals surface area contributed by atoms with Crippen molar-refractivity contribution in [3.8, 4) is 16.9 Å². The monoisotopic (exact) mass is 579 g/mol. The first kappa shape index (κ1) is 30.6. The topological polar surface area (TPSA) is 88.4 Å². The van der Waals surface area contributed by atoms with E-state index >= 15 is 0 Å². The van der Waals surface area contributed by atoms with Gasteiger partial charge in [-0.15, -0.1) is 4.72 Å². The van der Waals surface area contributed by atoms with E-state index in [-0.39, 0.29) is 35.8 Å². The van der Waals surface area contributed by atoms with Crippen LogP contribution in [0.2, 0.25) is 0 Å². The smallest absolute Gasteiger partial charge is 0.302 e. The summed E-state index contributed by atoms with van der Waals surface area (Å²) in [5.74, 6) is -0.207. The van der Waals surface area contributed by atoms with Crippen molar-refractivity contribution < 1.29 is 23.2 Å². The second-order valence-corrected chi connectivity index (χ2v) is 13.3. The first-order valence-corrected chi connectivity index (χ1v) is 14.9. The summed E-state index contributed by atoms with van der Waals surface area (Å²) < 4.78 is 42.7. The van der Waals surface area contributed by atoms with Gasteiger partial charge in [0.25, 0.3) is 0 Å². The first-order valence-electron chi connectivity index (χ1n) is 13.7. The van der Waals surface area contributed by atoms with Crippen LogP contribution in [0.15, 0.2) is 60.9 Å². The second kappa shape index (κ2) is 13.1. The van der Waals surface area contributed by atoms with Gasteiger partial charge in [-0.1, -0.05) is 0 Å². The number of benzene rings is 2. The summed E-state index contributed by atoms with van der Waals surface area (Å²) in [4.78, 5) is 15.7. The average Bonchev–Trinajstić information content (AvgIpc) is 3.34. The summed E-state index contributed by atoms with van der Waals surface area (Å²) in [5, 5.41) is 1.11. The Kier molecular flexibility index (Phi) is 9.73. The second-order valence-electron chi connectivity index (χ2n) is 11.3. The molecule has 1 N–H and O–H groups in total. The van der Waals surface area contributed by atoms with Crippen LogP contribution in [0.3, 0.4) is 0 Å². The number of ether oxygens (including phenoxy) is 2. The highest BCUT2D eigenvalue weighted by Crippen LogP contribution is 2.33. The average molecular weight is 580 g/mol. The van der Waals surface area contributed by atoms with E-state index in [1.807, 2.05) is 32.9 Å². The van der Waals surface area contributed by atoms with Gasteiger partial charge >= 0.3 is 5.97 Å². The highest BCUT2D eigenvalue weighted by atomic mass is 32.2. The Morgan fingerprint density at radius 3 is 2.63 bits per heavy atom. The Hall–Kier alpha value is -3.40. The molecule has 0 saturated heterocycles. The Balaban J connectivity index is 1.65. The van der Waals surface area contributed by atoms with Crippen molar-refractivity contribution in [1.29, 1.82) is 0 Å². The van der Waals surface area contributed by atoms with Crippen molar-refractivity contribution >= 4 is 28.2 Å². The van der Waals surface area contributed by atoms with Gasteiger partial charge in [-0.25, -0.2) is 4.39 Å². The molecule has 0 aliphatic heterocycles. The van der Waals surface area contributed by atoms with Crippen molar-refractivity contribution in [3.05, 3.63) is 83.6 Å². The lowest BCUT2D eigenvalue weighted by Crippen LogP contribution is -2.39. The van der Waals surface area contributed by atoms with Crippen molar-refractivity contribution in [2.75, 3.05) is 6.61 Å². The summed E-state index contributed by atoms with van der Waals surface area (Å²) in [6.45, 7) is 12.2. The number of rotatable bonds is 11. The van der Waals surface area contributed by atoms with Gasteiger partial charge in [-0.3, -0.25) is 9.78 Å². The molecule has 1 atom stereocenters. The van der Waals surface area contributed by atoms with Gasteiger partial charge in [0.05, 0.1) is 18.8 Å². The number of carbonyl (C=O) groups excluding carboxylic acids is 1. The molecule has 41 heavy (non-hydrogen) atoms. The molecule has 0 fully saturated rings. The Morgan fingerprint density at radius 2 is 1.93 bits per heavy atom. The van der Waals surface area contributed by atoms with Crippen molar-refractivity contribution in [3.63, 3.8) is 0 Å². The minimum absolute atomic E-state index is 0.149. The summed E-state index contributed by atoms with van der Waals surface area (Å²) in [6, 6.07) is 15.0. The van der Waals surface area contributed by atoms with Crippen LogP contribution in [0.4, 0.5) is 4.39 Å². The van der Waals surface area contributed by atoms with E-state index < -0.39 is 11.4 Å². The number of aromatic nitrogens is 2. The molecule has 0 amide bonds. The highest BCUT2D eigenvalue weighted by molar-refractivity contribution is 7.90. The van der Waals surface area contributed by atoms with Gasteiger partial charge in [0.15, 0.2) is 0 Å². The van der Waals surface area contributed by atoms with E-state index in [0.717, 1.165) is 33.3 Å². The molecular weight excluding hydrogens is 541 g/mol. The molecule has 218 valence electrons. The number of halogens is 1. The molecule has 1 unspecified atom stereocenters. The fourth-order valence-corrected chi connectivity index (χ4v) is 5.25. The lowest BCUT2D eigenvalue weighted by Gasteiger charge is -2.23. The summed E-state index contributed by atoms with van der Waals surface area (Å²) in [7, 11) is 0. The predicted octanol–water partition coefficient (Wildman–Crippen LogP) is 6.66. The number of esters is 1. The van der Waals surface area contributed by atoms with Crippen LogP contribution >= 0.6 is 0 Å². The van der Waals surface area contributed by atoms with E-state index in [4.69, 9.17) is 9.47 Å². The largest absolute Gasteiger partial charge is 0.598 e. The Morgan fingerprint density at radius 1 is 1.15 bits per heavy atom. The molecule has 0 aliphatic carbocycles. The van der Waals surface area contributed by atoms with Crippen LogP contribution in [0.1, 0.15) is 64.4 Å². The lowest BCUT2D eigenvalue weighted by atomic mass is 9.99. The van der Waals surface area contributed by atoms with Crippen LogP contribution in [0.5, 0.6) is 5.75 Å². The van der Waals surface area contributed by atoms with Crippen LogP contribution in [0.25, 0.3) is 22.0 Å². The molecule has 0 saturated carbocycles. The zero-order valence-corrected chi connectivity index (χ0v) is 25.3. The van der Waals surface area contributed by atoms with Crippen LogP contribution in [-0.2, 0) is 40.5 Å². The normalized spacial score (nSPS) is 12.6. The van der Waals surface area contributed by atoms with Gasteiger partial charge in [0.2, 0.25) is 0 Å². The minimum atomic E-state index is -1.20. The number of hydrogen-bond donors (Lipinski definition) is 1. The maximum atomic E-state index is 14.0. The third kappa shape index (κ3) is 7.87. The minimum Gasteiger partial charge on any atom is -0.598 e. The zero-order chi connectivity index (χ0) is 29.7. The molecule has 0 radical (unpaired) electrons. The lowest BCUT2D eigenvalue weighted by molar-refractivity contribution is -0.140. The van der Waals surface area contributed by atoms with Gasteiger partial charge in [0.1, 0.15) is 22.9 Å². The quantitative estimate of drug-likeness (QED) is 0.158. The zero-order valence-electron chi connectivity index (χ0n) is 24.5. The van der Waals surface area contributed by atoms with E-state index in [1.54, 1.807) is 12.3 Å². The molecule has 0 spiro atoms.